The van der Waals surface area contributed by atoms with Gasteiger partial charge in [0.05, 0.1) is 29.3 Å². The van der Waals surface area contributed by atoms with E-state index in [2.05, 4.69) is 61.1 Å². The lowest BCUT2D eigenvalue weighted by Crippen LogP contribution is -2.68. The maximum absolute atomic E-state index is 14.8. The Morgan fingerprint density at radius 1 is 0.897 bits per heavy atom. The molecule has 0 radical (unpaired) electrons. The third kappa shape index (κ3) is 9.09. The summed E-state index contributed by atoms with van der Waals surface area (Å²) in [7, 11) is -3.17. The van der Waals surface area contributed by atoms with Crippen molar-refractivity contribution < 1.29 is 28.3 Å². The molecule has 11 nitrogen and oxygen atoms in total. The summed E-state index contributed by atoms with van der Waals surface area (Å²) >= 11 is 0. The smallest absolute Gasteiger partial charge is 0.316 e. The zero-order chi connectivity index (χ0) is 41.8. The van der Waals surface area contributed by atoms with Crippen LogP contribution in [0.15, 0.2) is 97.1 Å². The summed E-state index contributed by atoms with van der Waals surface area (Å²) in [6.45, 7) is 15.5. The first-order chi connectivity index (χ1) is 27.5. The van der Waals surface area contributed by atoms with Crippen molar-refractivity contribution in [2.24, 2.45) is 11.3 Å². The van der Waals surface area contributed by atoms with Crippen LogP contribution in [0.5, 0.6) is 0 Å². The number of esters is 1. The summed E-state index contributed by atoms with van der Waals surface area (Å²) < 4.78 is 13.2. The zero-order valence-corrected chi connectivity index (χ0v) is 35.9. The molecule has 3 N–H and O–H groups in total. The number of carbonyl (C=O) groups is 4. The third-order valence-electron chi connectivity index (χ3n) is 11.1. The first kappa shape index (κ1) is 42.4. The second kappa shape index (κ2) is 17.4. The number of hydrogen-bond acceptors (Lipinski definition) is 8. The van der Waals surface area contributed by atoms with E-state index in [4.69, 9.17) is 14.1 Å². The SMILES string of the molecule is CC(C)[C@@H]1OC(=O)C(C)(C)C=Cc2ccc3ccc(nc3c2)[C@@H](C)NC(=O)[C@@H]2CCCN(N2)C(=O)[C@H](CO[Si](c2ccccc2)(c2ccccc2)C(C)(C)C)NC1=O. The third-order valence-corrected chi connectivity index (χ3v) is 16.1. The van der Waals surface area contributed by atoms with Crippen LogP contribution in [0, 0.1) is 11.3 Å². The predicted molar refractivity (Wildman–Crippen MR) is 229 cm³/mol. The number of carbonyl (C=O) groups excluding carboxylic acids is 4. The number of nitrogens with zero attached hydrogens (tertiary/aromatic N) is 2. The number of aromatic nitrogens is 1. The molecule has 5 bridgehead atoms. The Labute approximate surface area is 343 Å². The van der Waals surface area contributed by atoms with Gasteiger partial charge in [-0.1, -0.05) is 126 Å². The Balaban J connectivity index is 1.40. The summed E-state index contributed by atoms with van der Waals surface area (Å²) in [6, 6.07) is 27.5. The Hall–Kier alpha value is -5.17. The van der Waals surface area contributed by atoms with Crippen LogP contribution >= 0.6 is 0 Å². The molecule has 0 spiro atoms. The zero-order valence-electron chi connectivity index (χ0n) is 34.9. The van der Waals surface area contributed by atoms with Crippen molar-refractivity contribution >= 4 is 59.4 Å². The topological polar surface area (TPSA) is 139 Å². The van der Waals surface area contributed by atoms with Crippen LogP contribution in [0.3, 0.4) is 0 Å². The first-order valence-corrected chi connectivity index (χ1v) is 22.2. The molecular formula is C46H57N5O6Si. The van der Waals surface area contributed by atoms with Gasteiger partial charge in [-0.25, -0.2) is 5.43 Å². The Bertz CT molecular complexity index is 2110. The number of amides is 3. The molecule has 0 aliphatic carbocycles. The molecule has 4 aromatic rings. The van der Waals surface area contributed by atoms with Crippen LogP contribution < -0.4 is 26.4 Å². The van der Waals surface area contributed by atoms with Crippen molar-refractivity contribution in [3.8, 4) is 0 Å². The van der Waals surface area contributed by atoms with E-state index in [-0.39, 0.29) is 12.5 Å². The molecule has 58 heavy (non-hydrogen) atoms. The van der Waals surface area contributed by atoms with Crippen LogP contribution in [-0.2, 0) is 28.3 Å². The standard InChI is InChI=1S/C46H57N5O6Si/c1-30(2)40-42(53)49-39(29-56-58(45(4,5)6,34-16-11-9-12-17-34)35-18-13-10-14-19-35)43(54)51-27-15-20-37(50-51)41(52)47-31(3)36-24-23-33-22-21-32(28-38(33)48-36)25-26-46(7,8)44(55)57-40/h9-14,16-19,21-26,28,30-31,37,39-40,50H,15,20,27,29H2,1-8H3,(H,47,52)(H,49,53)/t31-,37+,39+,40+/m1/s1. The Kier molecular flexibility index (Phi) is 12.7. The van der Waals surface area contributed by atoms with Crippen LogP contribution in [0.25, 0.3) is 17.0 Å². The molecule has 1 aromatic heterocycles. The van der Waals surface area contributed by atoms with E-state index < -0.39 is 66.7 Å². The van der Waals surface area contributed by atoms with Crippen LogP contribution in [0.1, 0.15) is 85.5 Å². The number of nitrogens with one attached hydrogen (secondary N) is 3. The summed E-state index contributed by atoms with van der Waals surface area (Å²) in [6.07, 6.45) is 3.43. The molecule has 12 heteroatoms. The van der Waals surface area contributed by atoms with Gasteiger partial charge >= 0.3 is 5.97 Å². The maximum atomic E-state index is 14.8. The number of ether oxygens (including phenoxy) is 1. The minimum atomic E-state index is -3.17. The van der Waals surface area contributed by atoms with Crippen molar-refractivity contribution in [3.63, 3.8) is 0 Å². The summed E-state index contributed by atoms with van der Waals surface area (Å²) in [5.41, 5.74) is 4.31. The number of cyclic esters (lactones) is 1. The van der Waals surface area contributed by atoms with Crippen molar-refractivity contribution in [3.05, 3.63) is 108 Å². The van der Waals surface area contributed by atoms with Crippen LogP contribution in [-0.4, -0.2) is 73.3 Å². The highest BCUT2D eigenvalue weighted by Crippen LogP contribution is 2.37. The number of pyridine rings is 1. The molecule has 306 valence electrons. The Morgan fingerprint density at radius 2 is 1.53 bits per heavy atom. The van der Waals surface area contributed by atoms with Crippen molar-refractivity contribution in [2.45, 2.75) is 97.5 Å². The molecular weight excluding hydrogens is 747 g/mol. The largest absolute Gasteiger partial charge is 0.451 e. The monoisotopic (exact) mass is 803 g/mol. The van der Waals surface area contributed by atoms with Crippen molar-refractivity contribution in [2.75, 3.05) is 13.2 Å². The summed E-state index contributed by atoms with van der Waals surface area (Å²) in [4.78, 5) is 61.7. The van der Waals surface area contributed by atoms with Gasteiger partial charge in [-0.2, -0.15) is 0 Å². The number of hydrogen-bond donors (Lipinski definition) is 3. The van der Waals surface area contributed by atoms with Gasteiger partial charge in [0.25, 0.3) is 20.1 Å². The van der Waals surface area contributed by atoms with Crippen LogP contribution in [0.2, 0.25) is 5.04 Å². The lowest BCUT2D eigenvalue weighted by atomic mass is 9.92. The molecule has 3 amide bonds. The van der Waals surface area contributed by atoms with Gasteiger partial charge in [0, 0.05) is 11.9 Å². The van der Waals surface area contributed by atoms with E-state index in [1.54, 1.807) is 33.8 Å². The quantitative estimate of drug-likeness (QED) is 0.170. The normalized spacial score (nSPS) is 22.4. The highest BCUT2D eigenvalue weighted by atomic mass is 28.4. The van der Waals surface area contributed by atoms with Gasteiger partial charge < -0.3 is 19.8 Å². The predicted octanol–water partition coefficient (Wildman–Crippen LogP) is 5.59. The fourth-order valence-corrected chi connectivity index (χ4v) is 12.3. The average Bonchev–Trinajstić information content (AvgIpc) is 3.20. The van der Waals surface area contributed by atoms with Gasteiger partial charge in [-0.15, -0.1) is 0 Å². The molecule has 3 heterocycles. The molecule has 1 fully saturated rings. The van der Waals surface area contributed by atoms with Crippen molar-refractivity contribution in [1.82, 2.24) is 26.1 Å². The number of rotatable bonds is 6. The molecule has 0 unspecified atom stereocenters. The summed E-state index contributed by atoms with van der Waals surface area (Å²) in [5, 5.41) is 10.0. The minimum Gasteiger partial charge on any atom is -0.451 e. The van der Waals surface area contributed by atoms with E-state index in [1.165, 1.54) is 5.01 Å². The lowest BCUT2D eigenvalue weighted by Gasteiger charge is -2.44. The maximum Gasteiger partial charge on any atom is 0.316 e. The molecule has 6 rings (SSSR count). The molecule has 2 aliphatic heterocycles. The summed E-state index contributed by atoms with van der Waals surface area (Å²) in [5.74, 6) is -2.37. The van der Waals surface area contributed by atoms with E-state index in [0.29, 0.717) is 25.1 Å². The van der Waals surface area contributed by atoms with Gasteiger partial charge in [0.2, 0.25) is 5.91 Å². The van der Waals surface area contributed by atoms with Crippen LogP contribution in [0.4, 0.5) is 0 Å². The van der Waals surface area contributed by atoms with Gasteiger partial charge in [0.1, 0.15) is 12.1 Å². The molecule has 4 atom stereocenters. The van der Waals surface area contributed by atoms with E-state index in [1.807, 2.05) is 79.7 Å². The second-order valence-corrected chi connectivity index (χ2v) is 21.7. The Morgan fingerprint density at radius 3 is 2.16 bits per heavy atom. The average molecular weight is 804 g/mol. The van der Waals surface area contributed by atoms with Gasteiger partial charge in [-0.05, 0) is 72.6 Å². The molecule has 2 aliphatic rings. The van der Waals surface area contributed by atoms with E-state index in [9.17, 15) is 19.2 Å². The molecule has 3 aromatic carbocycles. The van der Waals surface area contributed by atoms with Gasteiger partial charge in [0.15, 0.2) is 6.10 Å². The first-order valence-electron chi connectivity index (χ1n) is 20.2. The van der Waals surface area contributed by atoms with Gasteiger partial charge in [-0.3, -0.25) is 29.2 Å². The van der Waals surface area contributed by atoms with E-state index >= 15 is 0 Å². The fraction of sp³-hybridized carbons (Fsp3) is 0.413. The minimum absolute atomic E-state index is 0.177. The molecule has 0 saturated carbocycles. The lowest BCUT2D eigenvalue weighted by molar-refractivity contribution is -0.165. The number of benzene rings is 3. The fourth-order valence-electron chi connectivity index (χ4n) is 7.74. The van der Waals surface area contributed by atoms with Crippen molar-refractivity contribution in [1.29, 1.82) is 0 Å². The number of fused-ring (bicyclic) bond motifs is 4. The molecule has 1 saturated heterocycles. The number of hydrazine groups is 1. The highest BCUT2D eigenvalue weighted by Gasteiger charge is 2.51. The van der Waals surface area contributed by atoms with E-state index in [0.717, 1.165) is 26.8 Å². The highest BCUT2D eigenvalue weighted by molar-refractivity contribution is 6.99. The second-order valence-electron chi connectivity index (χ2n) is 17.4.